The smallest absolute Gasteiger partial charge is 0.0795 e. The molecule has 4 saturated carbocycles. The van der Waals surface area contributed by atoms with Crippen LogP contribution in [0.1, 0.15) is 58.8 Å². The molecular weight excluding hydrogens is 298 g/mol. The second-order valence-corrected chi connectivity index (χ2v) is 9.89. The van der Waals surface area contributed by atoms with Gasteiger partial charge in [-0.05, 0) is 91.9 Å². The van der Waals surface area contributed by atoms with Gasteiger partial charge in [-0.15, -0.1) is 0 Å². The first-order valence-electron chi connectivity index (χ1n) is 10.1. The summed E-state index contributed by atoms with van der Waals surface area (Å²) in [5, 5.41) is 22.8. The molecule has 132 valence electrons. The molecule has 24 heavy (non-hydrogen) atoms. The van der Waals surface area contributed by atoms with Crippen molar-refractivity contribution in [2.75, 3.05) is 6.61 Å². The fraction of sp³-hybridized carbons (Fsp3) is 0.857. The lowest BCUT2D eigenvalue weighted by molar-refractivity contribution is -0.0733. The number of oxime groups is 1. The van der Waals surface area contributed by atoms with Gasteiger partial charge in [-0.1, -0.05) is 24.6 Å². The number of aliphatic hydroxyl groups excluding tert-OH is 1. The van der Waals surface area contributed by atoms with Gasteiger partial charge in [0.25, 0.3) is 0 Å². The Hall–Kier alpha value is -0.830. The van der Waals surface area contributed by atoms with Crippen molar-refractivity contribution in [1.82, 2.24) is 0 Å². The van der Waals surface area contributed by atoms with Crippen LogP contribution in [0.2, 0.25) is 0 Å². The standard InChI is InChI=1S/C21H31NO2/c1-12-7-13-8-15(22-24)3-4-16(13)17-5-6-20(2)18(19(12)17)9-14-10-21(14,20)11-23/h8,12,14,16-19,23-24H,3-7,9-11H2,1-2H3/b22-15+/t12-,14-,16+,17?,18-,19-,20-,21-/m1/s1. The highest BCUT2D eigenvalue weighted by Gasteiger charge is 2.74. The average molecular weight is 329 g/mol. The van der Waals surface area contributed by atoms with Gasteiger partial charge in [0.2, 0.25) is 0 Å². The molecule has 5 aliphatic rings. The second-order valence-electron chi connectivity index (χ2n) is 9.89. The molecule has 2 N–H and O–H groups in total. The quantitative estimate of drug-likeness (QED) is 0.558. The molecule has 0 aromatic rings. The summed E-state index contributed by atoms with van der Waals surface area (Å²) >= 11 is 0. The number of hydrogen-bond donors (Lipinski definition) is 2. The first-order chi connectivity index (χ1) is 11.5. The van der Waals surface area contributed by atoms with Gasteiger partial charge in [0, 0.05) is 12.0 Å². The Kier molecular flexibility index (Phi) is 3.13. The number of aliphatic hydroxyl groups is 1. The molecule has 0 radical (unpaired) electrons. The lowest BCUT2D eigenvalue weighted by atomic mass is 9.47. The number of hydrogen-bond acceptors (Lipinski definition) is 3. The number of allylic oxidation sites excluding steroid dienone is 2. The van der Waals surface area contributed by atoms with Crippen LogP contribution in [-0.2, 0) is 0 Å². The summed E-state index contributed by atoms with van der Waals surface area (Å²) in [7, 11) is 0. The summed E-state index contributed by atoms with van der Waals surface area (Å²) in [6.45, 7) is 5.40. The van der Waals surface area contributed by atoms with Crippen LogP contribution in [0.4, 0.5) is 0 Å². The van der Waals surface area contributed by atoms with Crippen LogP contribution in [0.25, 0.3) is 0 Å². The molecule has 5 aliphatic carbocycles. The van der Waals surface area contributed by atoms with Crippen LogP contribution < -0.4 is 0 Å². The van der Waals surface area contributed by atoms with Gasteiger partial charge in [0.1, 0.15) is 0 Å². The van der Waals surface area contributed by atoms with E-state index in [0.717, 1.165) is 47.6 Å². The van der Waals surface area contributed by atoms with E-state index in [2.05, 4.69) is 25.1 Å². The van der Waals surface area contributed by atoms with E-state index in [9.17, 15) is 5.11 Å². The Morgan fingerprint density at radius 2 is 2.17 bits per heavy atom. The highest BCUT2D eigenvalue weighted by Crippen LogP contribution is 2.79. The molecule has 4 fully saturated rings. The van der Waals surface area contributed by atoms with Gasteiger partial charge in [-0.25, -0.2) is 0 Å². The van der Waals surface area contributed by atoms with E-state index in [1.54, 1.807) is 5.57 Å². The van der Waals surface area contributed by atoms with E-state index in [0.29, 0.717) is 12.0 Å². The van der Waals surface area contributed by atoms with Gasteiger partial charge in [0.15, 0.2) is 0 Å². The third-order valence-corrected chi connectivity index (χ3v) is 9.36. The predicted molar refractivity (Wildman–Crippen MR) is 93.9 cm³/mol. The van der Waals surface area contributed by atoms with Gasteiger partial charge in [0.05, 0.1) is 5.71 Å². The minimum Gasteiger partial charge on any atom is -0.411 e. The lowest BCUT2D eigenvalue weighted by Crippen LogP contribution is -2.51. The number of rotatable bonds is 1. The highest BCUT2D eigenvalue weighted by molar-refractivity contribution is 5.96. The normalized spacial score (nSPS) is 56.8. The summed E-state index contributed by atoms with van der Waals surface area (Å²) < 4.78 is 0. The van der Waals surface area contributed by atoms with Crippen molar-refractivity contribution in [3.05, 3.63) is 11.6 Å². The first kappa shape index (κ1) is 15.4. The zero-order chi connectivity index (χ0) is 16.7. The zero-order valence-electron chi connectivity index (χ0n) is 15.0. The molecule has 1 unspecified atom stereocenters. The Morgan fingerprint density at radius 3 is 2.92 bits per heavy atom. The van der Waals surface area contributed by atoms with Crippen molar-refractivity contribution in [3.8, 4) is 0 Å². The monoisotopic (exact) mass is 329 g/mol. The van der Waals surface area contributed by atoms with E-state index in [1.165, 1.54) is 38.5 Å². The Labute approximate surface area is 145 Å². The van der Waals surface area contributed by atoms with E-state index in [1.807, 2.05) is 0 Å². The van der Waals surface area contributed by atoms with Gasteiger partial charge < -0.3 is 10.3 Å². The lowest BCUT2D eigenvalue weighted by Gasteiger charge is -2.57. The van der Waals surface area contributed by atoms with E-state index >= 15 is 0 Å². The second kappa shape index (κ2) is 4.87. The van der Waals surface area contributed by atoms with Gasteiger partial charge >= 0.3 is 0 Å². The van der Waals surface area contributed by atoms with Gasteiger partial charge in [-0.3, -0.25) is 0 Å². The average Bonchev–Trinajstić information content (AvgIpc) is 3.25. The SMILES string of the molecule is C[C@@H]1CC2=C/C(=N/O)CC[C@@H]2C2CC[C@]3(C)[C@H](C[C@@H]4C[C@@]43CO)[C@@H]21. The minimum absolute atomic E-state index is 0.280. The molecule has 0 spiro atoms. The Morgan fingerprint density at radius 1 is 1.33 bits per heavy atom. The van der Waals surface area contributed by atoms with Crippen molar-refractivity contribution in [2.24, 2.45) is 51.5 Å². The Balaban J connectivity index is 1.49. The van der Waals surface area contributed by atoms with Crippen molar-refractivity contribution < 1.29 is 10.3 Å². The summed E-state index contributed by atoms with van der Waals surface area (Å²) in [5.74, 6) is 4.75. The molecule has 8 atom stereocenters. The fourth-order valence-electron chi connectivity index (χ4n) is 8.13. The van der Waals surface area contributed by atoms with Crippen LogP contribution >= 0.6 is 0 Å². The van der Waals surface area contributed by atoms with Crippen molar-refractivity contribution in [2.45, 2.75) is 58.8 Å². The van der Waals surface area contributed by atoms with Gasteiger partial charge in [-0.2, -0.15) is 0 Å². The first-order valence-corrected chi connectivity index (χ1v) is 10.1. The minimum atomic E-state index is 0.280. The predicted octanol–water partition coefficient (Wildman–Crippen LogP) is 4.24. The molecule has 5 rings (SSSR count). The third kappa shape index (κ3) is 1.70. The fourth-order valence-corrected chi connectivity index (χ4v) is 8.13. The molecule has 0 amide bonds. The zero-order valence-corrected chi connectivity index (χ0v) is 15.0. The number of nitrogens with zero attached hydrogens (tertiary/aromatic N) is 1. The number of fused-ring (bicyclic) bond motifs is 7. The van der Waals surface area contributed by atoms with Crippen LogP contribution in [0.3, 0.4) is 0 Å². The molecule has 3 heteroatoms. The molecule has 0 aromatic carbocycles. The topological polar surface area (TPSA) is 52.8 Å². The molecule has 0 bridgehead atoms. The van der Waals surface area contributed by atoms with E-state index < -0.39 is 0 Å². The van der Waals surface area contributed by atoms with Crippen LogP contribution in [0.15, 0.2) is 16.8 Å². The summed E-state index contributed by atoms with van der Waals surface area (Å²) in [6, 6.07) is 0. The van der Waals surface area contributed by atoms with E-state index in [-0.39, 0.29) is 5.41 Å². The largest absolute Gasteiger partial charge is 0.411 e. The summed E-state index contributed by atoms with van der Waals surface area (Å²) in [4.78, 5) is 0. The highest BCUT2D eigenvalue weighted by atomic mass is 16.4. The van der Waals surface area contributed by atoms with Crippen molar-refractivity contribution in [1.29, 1.82) is 0 Å². The third-order valence-electron chi connectivity index (χ3n) is 9.36. The molecule has 0 saturated heterocycles. The van der Waals surface area contributed by atoms with Crippen LogP contribution in [0.5, 0.6) is 0 Å². The maximum atomic E-state index is 10.1. The maximum absolute atomic E-state index is 10.1. The molecule has 0 aliphatic heterocycles. The molecule has 0 heterocycles. The van der Waals surface area contributed by atoms with E-state index in [4.69, 9.17) is 5.21 Å². The van der Waals surface area contributed by atoms with Crippen LogP contribution in [0, 0.1) is 46.3 Å². The molecule has 0 aromatic heterocycles. The summed E-state index contributed by atoms with van der Waals surface area (Å²) in [6.07, 6.45) is 10.8. The maximum Gasteiger partial charge on any atom is 0.0795 e. The van der Waals surface area contributed by atoms with Crippen molar-refractivity contribution in [3.63, 3.8) is 0 Å². The van der Waals surface area contributed by atoms with Crippen molar-refractivity contribution >= 4 is 5.71 Å². The van der Waals surface area contributed by atoms with Crippen LogP contribution in [-0.4, -0.2) is 22.6 Å². The Bertz CT molecular complexity index is 621. The molecule has 3 nitrogen and oxygen atoms in total. The summed E-state index contributed by atoms with van der Waals surface area (Å²) in [5.41, 5.74) is 3.11. The molecular formula is C21H31NO2.